The highest BCUT2D eigenvalue weighted by atomic mass is 32.1. The van der Waals surface area contributed by atoms with Crippen LogP contribution in [0.5, 0.6) is 0 Å². The molecule has 1 aromatic heterocycles. The molecule has 0 atom stereocenters. The fraction of sp³-hybridized carbons (Fsp3) is 0.308. The number of nitrogens with zero attached hydrogens (tertiary/aromatic N) is 1. The van der Waals surface area contributed by atoms with Crippen LogP contribution < -0.4 is 11.1 Å². The molecule has 2 rings (SSSR count). The van der Waals surface area contributed by atoms with Crippen LogP contribution in [0, 0.1) is 6.92 Å². The van der Waals surface area contributed by atoms with Gasteiger partial charge in [0.25, 0.3) is 0 Å². The van der Waals surface area contributed by atoms with Crippen LogP contribution in [0.3, 0.4) is 0 Å². The predicted octanol–water partition coefficient (Wildman–Crippen LogP) is 2.37. The first-order chi connectivity index (χ1) is 8.25. The molecule has 1 aromatic carbocycles. The Morgan fingerprint density at radius 3 is 3.00 bits per heavy atom. The Morgan fingerprint density at radius 1 is 1.41 bits per heavy atom. The Hall–Kier alpha value is -1.39. The van der Waals surface area contributed by atoms with Gasteiger partial charge in [0.2, 0.25) is 0 Å². The quantitative estimate of drug-likeness (QED) is 0.630. The lowest BCUT2D eigenvalue weighted by Crippen LogP contribution is -2.16. The number of nitrogen functional groups attached to an aromatic ring is 1. The summed E-state index contributed by atoms with van der Waals surface area (Å²) in [5, 5.41) is 6.59. The van der Waals surface area contributed by atoms with Crippen molar-refractivity contribution in [2.45, 2.75) is 19.9 Å². The van der Waals surface area contributed by atoms with Gasteiger partial charge in [0.15, 0.2) is 0 Å². The highest BCUT2D eigenvalue weighted by Gasteiger charge is 1.98. The molecule has 4 heteroatoms. The Labute approximate surface area is 106 Å². The monoisotopic (exact) mass is 247 g/mol. The predicted molar refractivity (Wildman–Crippen MR) is 73.1 cm³/mol. The van der Waals surface area contributed by atoms with E-state index >= 15 is 0 Å². The fourth-order valence-corrected chi connectivity index (χ4v) is 2.22. The standard InChI is InChI=1S/C13H17N3S/c1-10-2-3-11(8-12(10)14)9-15-5-4-13-16-6-7-17-13/h2-3,6-8,15H,4-5,9,14H2,1H3. The third-order valence-electron chi connectivity index (χ3n) is 2.67. The summed E-state index contributed by atoms with van der Waals surface area (Å²) in [6.45, 7) is 3.83. The normalized spacial score (nSPS) is 10.6. The zero-order chi connectivity index (χ0) is 12.1. The maximum Gasteiger partial charge on any atom is 0.0937 e. The summed E-state index contributed by atoms with van der Waals surface area (Å²) in [5.74, 6) is 0. The lowest BCUT2D eigenvalue weighted by atomic mass is 10.1. The number of anilines is 1. The van der Waals surface area contributed by atoms with Gasteiger partial charge < -0.3 is 11.1 Å². The van der Waals surface area contributed by atoms with Crippen LogP contribution in [0.15, 0.2) is 29.8 Å². The lowest BCUT2D eigenvalue weighted by molar-refractivity contribution is 0.685. The van der Waals surface area contributed by atoms with Crippen molar-refractivity contribution >= 4 is 17.0 Å². The van der Waals surface area contributed by atoms with E-state index < -0.39 is 0 Å². The average Bonchev–Trinajstić information content (AvgIpc) is 2.82. The molecule has 3 nitrogen and oxygen atoms in total. The van der Waals surface area contributed by atoms with E-state index in [1.165, 1.54) is 10.6 Å². The summed E-state index contributed by atoms with van der Waals surface area (Å²) >= 11 is 1.70. The first-order valence-electron chi connectivity index (χ1n) is 5.70. The van der Waals surface area contributed by atoms with Crippen LogP contribution in [-0.4, -0.2) is 11.5 Å². The van der Waals surface area contributed by atoms with Gasteiger partial charge in [-0.15, -0.1) is 11.3 Å². The van der Waals surface area contributed by atoms with Crippen LogP contribution in [0.1, 0.15) is 16.1 Å². The summed E-state index contributed by atoms with van der Waals surface area (Å²) in [5.41, 5.74) is 9.10. The Balaban J connectivity index is 1.76. The van der Waals surface area contributed by atoms with Crippen molar-refractivity contribution in [3.8, 4) is 0 Å². The minimum atomic E-state index is 0.857. The second-order valence-electron chi connectivity index (χ2n) is 4.04. The SMILES string of the molecule is Cc1ccc(CNCCc2nccs2)cc1N. The van der Waals surface area contributed by atoms with E-state index in [2.05, 4.69) is 22.4 Å². The number of aromatic nitrogens is 1. The molecule has 0 radical (unpaired) electrons. The second kappa shape index (κ2) is 5.80. The van der Waals surface area contributed by atoms with Crippen molar-refractivity contribution in [3.05, 3.63) is 45.9 Å². The molecule has 1 heterocycles. The van der Waals surface area contributed by atoms with Gasteiger partial charge in [-0.1, -0.05) is 12.1 Å². The maximum absolute atomic E-state index is 5.87. The van der Waals surface area contributed by atoms with Crippen molar-refractivity contribution in [2.75, 3.05) is 12.3 Å². The van der Waals surface area contributed by atoms with Gasteiger partial charge in [-0.05, 0) is 24.1 Å². The van der Waals surface area contributed by atoms with E-state index in [1.54, 1.807) is 11.3 Å². The molecular weight excluding hydrogens is 230 g/mol. The van der Waals surface area contributed by atoms with Gasteiger partial charge in [-0.3, -0.25) is 0 Å². The number of nitrogens with one attached hydrogen (secondary N) is 1. The van der Waals surface area contributed by atoms with Gasteiger partial charge in [0.05, 0.1) is 5.01 Å². The molecule has 0 unspecified atom stereocenters. The van der Waals surface area contributed by atoms with E-state index in [-0.39, 0.29) is 0 Å². The van der Waals surface area contributed by atoms with E-state index in [0.717, 1.165) is 30.8 Å². The molecule has 90 valence electrons. The Bertz CT molecular complexity index is 466. The van der Waals surface area contributed by atoms with Gasteiger partial charge in [-0.2, -0.15) is 0 Å². The van der Waals surface area contributed by atoms with Gasteiger partial charge in [0, 0.05) is 36.8 Å². The molecule has 0 aliphatic heterocycles. The molecule has 0 fully saturated rings. The van der Waals surface area contributed by atoms with E-state index in [1.807, 2.05) is 24.6 Å². The molecule has 0 amide bonds. The summed E-state index contributed by atoms with van der Waals surface area (Å²) in [6.07, 6.45) is 2.83. The molecule has 0 aliphatic carbocycles. The summed E-state index contributed by atoms with van der Waals surface area (Å²) in [6, 6.07) is 6.21. The molecule has 17 heavy (non-hydrogen) atoms. The number of rotatable bonds is 5. The van der Waals surface area contributed by atoms with Crippen LogP contribution in [0.4, 0.5) is 5.69 Å². The molecule has 2 aromatic rings. The van der Waals surface area contributed by atoms with Crippen molar-refractivity contribution in [1.82, 2.24) is 10.3 Å². The van der Waals surface area contributed by atoms with Gasteiger partial charge in [-0.25, -0.2) is 4.98 Å². The first-order valence-corrected chi connectivity index (χ1v) is 6.58. The maximum atomic E-state index is 5.87. The third kappa shape index (κ3) is 3.54. The average molecular weight is 247 g/mol. The zero-order valence-electron chi connectivity index (χ0n) is 9.94. The van der Waals surface area contributed by atoms with Gasteiger partial charge >= 0.3 is 0 Å². The molecule has 0 saturated heterocycles. The molecular formula is C13H17N3S. The largest absolute Gasteiger partial charge is 0.399 e. The van der Waals surface area contributed by atoms with Crippen molar-refractivity contribution in [1.29, 1.82) is 0 Å². The van der Waals surface area contributed by atoms with E-state index in [4.69, 9.17) is 5.73 Å². The number of hydrogen-bond acceptors (Lipinski definition) is 4. The fourth-order valence-electron chi connectivity index (χ4n) is 1.60. The third-order valence-corrected chi connectivity index (χ3v) is 3.51. The second-order valence-corrected chi connectivity index (χ2v) is 5.02. The number of hydrogen-bond donors (Lipinski definition) is 2. The summed E-state index contributed by atoms with van der Waals surface area (Å²) in [7, 11) is 0. The molecule has 0 saturated carbocycles. The summed E-state index contributed by atoms with van der Waals surface area (Å²) in [4.78, 5) is 4.25. The van der Waals surface area contributed by atoms with Crippen molar-refractivity contribution in [2.24, 2.45) is 0 Å². The highest BCUT2D eigenvalue weighted by Crippen LogP contribution is 2.12. The molecule has 0 aliphatic rings. The minimum Gasteiger partial charge on any atom is -0.399 e. The lowest BCUT2D eigenvalue weighted by Gasteiger charge is -2.06. The number of nitrogens with two attached hydrogens (primary N) is 1. The van der Waals surface area contributed by atoms with Crippen LogP contribution in [0.25, 0.3) is 0 Å². The smallest absolute Gasteiger partial charge is 0.0937 e. The number of benzene rings is 1. The zero-order valence-corrected chi connectivity index (χ0v) is 10.8. The van der Waals surface area contributed by atoms with Crippen LogP contribution in [0.2, 0.25) is 0 Å². The molecule has 0 spiro atoms. The summed E-state index contributed by atoms with van der Waals surface area (Å²) < 4.78 is 0. The Kier molecular flexibility index (Phi) is 4.12. The van der Waals surface area contributed by atoms with Crippen molar-refractivity contribution in [3.63, 3.8) is 0 Å². The Morgan fingerprint density at radius 2 is 2.29 bits per heavy atom. The van der Waals surface area contributed by atoms with E-state index in [9.17, 15) is 0 Å². The topological polar surface area (TPSA) is 50.9 Å². The van der Waals surface area contributed by atoms with Crippen LogP contribution >= 0.6 is 11.3 Å². The van der Waals surface area contributed by atoms with Gasteiger partial charge in [0.1, 0.15) is 0 Å². The highest BCUT2D eigenvalue weighted by molar-refractivity contribution is 7.09. The van der Waals surface area contributed by atoms with E-state index in [0.29, 0.717) is 0 Å². The molecule has 3 N–H and O–H groups in total. The minimum absolute atomic E-state index is 0.857. The number of aryl methyl sites for hydroxylation is 1. The van der Waals surface area contributed by atoms with Crippen molar-refractivity contribution < 1.29 is 0 Å². The number of thiazole rings is 1. The molecule has 0 bridgehead atoms. The first kappa shape index (κ1) is 12.1. The van der Waals surface area contributed by atoms with Crippen LogP contribution in [-0.2, 0) is 13.0 Å².